The number of carbonyl (C=O) groups excluding carboxylic acids is 2. The van der Waals surface area contributed by atoms with E-state index in [4.69, 9.17) is 5.11 Å². The molecule has 136 valence electrons. The Morgan fingerprint density at radius 2 is 1.54 bits per heavy atom. The minimum Gasteiger partial charge on any atom is -0.506 e. The van der Waals surface area contributed by atoms with Crippen molar-refractivity contribution in [2.45, 2.75) is 19.3 Å². The summed E-state index contributed by atoms with van der Waals surface area (Å²) in [7, 11) is 0. The quantitative estimate of drug-likeness (QED) is 0.566. The summed E-state index contributed by atoms with van der Waals surface area (Å²) >= 11 is 0. The van der Waals surface area contributed by atoms with Crippen LogP contribution in [-0.2, 0) is 20.8 Å². The number of hydrogen-bond acceptors (Lipinski definition) is 4. The van der Waals surface area contributed by atoms with Gasteiger partial charge in [-0.1, -0.05) is 6.07 Å². The molecule has 2 aromatic rings. The highest BCUT2D eigenvalue weighted by molar-refractivity contribution is 5.97. The summed E-state index contributed by atoms with van der Waals surface area (Å²) in [4.78, 5) is 34.4. The van der Waals surface area contributed by atoms with Gasteiger partial charge in [-0.05, 0) is 42.0 Å². The van der Waals surface area contributed by atoms with Gasteiger partial charge in [0.05, 0.1) is 12.1 Å². The molecule has 0 spiro atoms. The predicted octanol–water partition coefficient (Wildman–Crippen LogP) is 2.52. The summed E-state index contributed by atoms with van der Waals surface area (Å²) in [6.45, 7) is 0. The lowest BCUT2D eigenvalue weighted by Crippen LogP contribution is -2.17. The number of anilines is 2. The first-order chi connectivity index (χ1) is 12.3. The lowest BCUT2D eigenvalue weighted by Gasteiger charge is -2.09. The smallest absolute Gasteiger partial charge is 0.307 e. The molecular formula is C18H17FN2O5. The molecule has 0 aliphatic heterocycles. The monoisotopic (exact) mass is 360 g/mol. The molecule has 2 amide bonds. The third-order valence-corrected chi connectivity index (χ3v) is 3.40. The van der Waals surface area contributed by atoms with Crippen molar-refractivity contribution in [1.29, 1.82) is 0 Å². The van der Waals surface area contributed by atoms with E-state index in [1.165, 1.54) is 42.5 Å². The molecule has 0 radical (unpaired) electrons. The van der Waals surface area contributed by atoms with Crippen LogP contribution in [0.3, 0.4) is 0 Å². The Morgan fingerprint density at radius 1 is 0.923 bits per heavy atom. The summed E-state index contributed by atoms with van der Waals surface area (Å²) in [5, 5.41) is 23.5. The number of benzene rings is 2. The molecule has 26 heavy (non-hydrogen) atoms. The van der Waals surface area contributed by atoms with Crippen LogP contribution in [0.15, 0.2) is 42.5 Å². The van der Waals surface area contributed by atoms with Crippen LogP contribution in [0.1, 0.15) is 18.4 Å². The van der Waals surface area contributed by atoms with E-state index in [-0.39, 0.29) is 30.7 Å². The molecule has 0 saturated heterocycles. The first kappa shape index (κ1) is 18.9. The Morgan fingerprint density at radius 3 is 2.15 bits per heavy atom. The topological polar surface area (TPSA) is 116 Å². The molecule has 0 aliphatic rings. The number of carboxylic acid groups (broad SMARTS) is 1. The number of amides is 2. The SMILES string of the molecule is O=C(O)Cc1ccc(O)c(NC(=O)CCC(=O)Nc2ccc(F)cc2)c1. The highest BCUT2D eigenvalue weighted by Crippen LogP contribution is 2.24. The van der Waals surface area contributed by atoms with Gasteiger partial charge in [0.25, 0.3) is 0 Å². The van der Waals surface area contributed by atoms with Crippen molar-refractivity contribution in [1.82, 2.24) is 0 Å². The highest BCUT2D eigenvalue weighted by Gasteiger charge is 2.11. The Bertz CT molecular complexity index is 821. The average Bonchev–Trinajstić information content (AvgIpc) is 2.58. The molecule has 0 heterocycles. The van der Waals surface area contributed by atoms with Crippen LogP contribution < -0.4 is 10.6 Å². The van der Waals surface area contributed by atoms with E-state index in [0.717, 1.165) is 0 Å². The molecule has 0 fully saturated rings. The molecule has 0 bridgehead atoms. The molecule has 2 rings (SSSR count). The molecule has 4 N–H and O–H groups in total. The lowest BCUT2D eigenvalue weighted by molar-refractivity contribution is -0.136. The first-order valence-corrected chi connectivity index (χ1v) is 7.72. The van der Waals surface area contributed by atoms with Gasteiger partial charge in [0.2, 0.25) is 11.8 Å². The van der Waals surface area contributed by atoms with E-state index in [2.05, 4.69) is 10.6 Å². The third kappa shape index (κ3) is 5.90. The van der Waals surface area contributed by atoms with Gasteiger partial charge in [-0.3, -0.25) is 14.4 Å². The molecule has 0 aromatic heterocycles. The number of nitrogens with one attached hydrogen (secondary N) is 2. The minimum absolute atomic E-state index is 0.0766. The predicted molar refractivity (Wildman–Crippen MR) is 92.3 cm³/mol. The number of phenolic OH excluding ortho intramolecular Hbond substituents is 1. The van der Waals surface area contributed by atoms with Crippen molar-refractivity contribution < 1.29 is 29.0 Å². The Labute approximate surface area is 148 Å². The van der Waals surface area contributed by atoms with Crippen molar-refractivity contribution in [2.24, 2.45) is 0 Å². The zero-order chi connectivity index (χ0) is 19.1. The van der Waals surface area contributed by atoms with E-state index < -0.39 is 23.6 Å². The number of carboxylic acids is 1. The van der Waals surface area contributed by atoms with E-state index in [9.17, 15) is 23.9 Å². The van der Waals surface area contributed by atoms with E-state index >= 15 is 0 Å². The second-order valence-electron chi connectivity index (χ2n) is 5.53. The van der Waals surface area contributed by atoms with Crippen molar-refractivity contribution in [2.75, 3.05) is 10.6 Å². The number of halogens is 1. The van der Waals surface area contributed by atoms with Gasteiger partial charge >= 0.3 is 5.97 Å². The maximum Gasteiger partial charge on any atom is 0.307 e. The van der Waals surface area contributed by atoms with Crippen molar-refractivity contribution in [3.63, 3.8) is 0 Å². The van der Waals surface area contributed by atoms with Crippen LogP contribution in [-0.4, -0.2) is 28.0 Å². The van der Waals surface area contributed by atoms with Crippen LogP contribution in [0.4, 0.5) is 15.8 Å². The number of hydrogen-bond donors (Lipinski definition) is 4. The molecular weight excluding hydrogens is 343 g/mol. The molecule has 2 aromatic carbocycles. The number of rotatable bonds is 7. The van der Waals surface area contributed by atoms with E-state index in [0.29, 0.717) is 11.3 Å². The lowest BCUT2D eigenvalue weighted by atomic mass is 10.1. The molecule has 7 nitrogen and oxygen atoms in total. The van der Waals surface area contributed by atoms with Gasteiger partial charge in [0.15, 0.2) is 0 Å². The summed E-state index contributed by atoms with van der Waals surface area (Å²) in [6, 6.07) is 9.30. The number of phenols is 1. The number of aromatic hydroxyl groups is 1. The standard InChI is InChI=1S/C18H17FN2O5/c19-12-2-4-13(5-3-12)20-16(23)7-8-17(24)21-14-9-11(10-18(25)26)1-6-15(14)22/h1-6,9,22H,7-8,10H2,(H,20,23)(H,21,24)(H,25,26). The molecule has 0 unspecified atom stereocenters. The number of aliphatic carboxylic acids is 1. The summed E-state index contributed by atoms with van der Waals surface area (Å²) in [5.41, 5.74) is 0.906. The fourth-order valence-corrected chi connectivity index (χ4v) is 2.16. The Hall–Kier alpha value is -3.42. The largest absolute Gasteiger partial charge is 0.506 e. The van der Waals surface area contributed by atoms with Gasteiger partial charge in [0, 0.05) is 18.5 Å². The summed E-state index contributed by atoms with van der Waals surface area (Å²) < 4.78 is 12.8. The minimum atomic E-state index is -1.04. The van der Waals surface area contributed by atoms with Crippen LogP contribution in [0.25, 0.3) is 0 Å². The summed E-state index contributed by atoms with van der Waals surface area (Å²) in [5.74, 6) is -2.60. The van der Waals surface area contributed by atoms with E-state index in [1.807, 2.05) is 0 Å². The second-order valence-corrected chi connectivity index (χ2v) is 5.53. The molecule has 0 saturated carbocycles. The van der Waals surface area contributed by atoms with Crippen molar-refractivity contribution in [3.05, 3.63) is 53.8 Å². The van der Waals surface area contributed by atoms with Gasteiger partial charge in [-0.15, -0.1) is 0 Å². The van der Waals surface area contributed by atoms with Crippen molar-refractivity contribution in [3.8, 4) is 5.75 Å². The van der Waals surface area contributed by atoms with Gasteiger partial charge in [-0.2, -0.15) is 0 Å². The van der Waals surface area contributed by atoms with Crippen LogP contribution in [0, 0.1) is 5.82 Å². The maximum absolute atomic E-state index is 12.8. The van der Waals surface area contributed by atoms with Crippen molar-refractivity contribution >= 4 is 29.2 Å². The maximum atomic E-state index is 12.8. The Kier molecular flexibility index (Phi) is 6.26. The van der Waals surface area contributed by atoms with E-state index in [1.54, 1.807) is 0 Å². The molecule has 0 atom stereocenters. The third-order valence-electron chi connectivity index (χ3n) is 3.40. The average molecular weight is 360 g/mol. The summed E-state index contributed by atoms with van der Waals surface area (Å²) in [6.07, 6.45) is -0.502. The van der Waals surface area contributed by atoms with Crippen LogP contribution >= 0.6 is 0 Å². The zero-order valence-corrected chi connectivity index (χ0v) is 13.7. The van der Waals surface area contributed by atoms with Gasteiger partial charge in [0.1, 0.15) is 11.6 Å². The fourth-order valence-electron chi connectivity index (χ4n) is 2.16. The van der Waals surface area contributed by atoms with Crippen LogP contribution in [0.5, 0.6) is 5.75 Å². The molecule has 8 heteroatoms. The second kappa shape index (κ2) is 8.61. The zero-order valence-electron chi connectivity index (χ0n) is 13.7. The fraction of sp³-hybridized carbons (Fsp3) is 0.167. The number of carbonyl (C=O) groups is 3. The van der Waals surface area contributed by atoms with Crippen LogP contribution in [0.2, 0.25) is 0 Å². The first-order valence-electron chi connectivity index (χ1n) is 7.72. The Balaban J connectivity index is 1.87. The van der Waals surface area contributed by atoms with Gasteiger partial charge in [-0.25, -0.2) is 4.39 Å². The molecule has 0 aliphatic carbocycles. The normalized spacial score (nSPS) is 10.2. The van der Waals surface area contributed by atoms with Gasteiger partial charge < -0.3 is 20.8 Å². The highest BCUT2D eigenvalue weighted by atomic mass is 19.1.